The number of alkyl halides is 6. The van der Waals surface area contributed by atoms with Crippen LogP contribution < -0.4 is 34.7 Å². The van der Waals surface area contributed by atoms with E-state index in [4.69, 9.17) is 75.7 Å². The first-order chi connectivity index (χ1) is 45.0. The molecule has 1 aliphatic carbocycles. The van der Waals surface area contributed by atoms with E-state index in [1.807, 2.05) is 61.7 Å². The Labute approximate surface area is 572 Å². The van der Waals surface area contributed by atoms with Gasteiger partial charge in [0, 0.05) is 68.2 Å². The van der Waals surface area contributed by atoms with Crippen molar-refractivity contribution in [2.24, 2.45) is 16.1 Å². The number of aromatic nitrogens is 3. The number of aliphatic carboxylic acids is 1. The van der Waals surface area contributed by atoms with Crippen LogP contribution in [0.1, 0.15) is 104 Å². The Kier molecular flexibility index (Phi) is 27.1. The van der Waals surface area contributed by atoms with Crippen molar-refractivity contribution in [3.05, 3.63) is 129 Å². The number of benzene rings is 4. The molecular formula is C64H74Cl3F4N8O14PS2. The zero-order chi connectivity index (χ0) is 71.4. The van der Waals surface area contributed by atoms with E-state index in [1.54, 1.807) is 16.9 Å². The number of hydrogen-bond donors (Lipinski definition) is 3. The molecular weight excluding hydrogens is 1380 g/mol. The van der Waals surface area contributed by atoms with Crippen molar-refractivity contribution >= 4 is 116 Å². The Hall–Kier alpha value is -7.19. The van der Waals surface area contributed by atoms with Crippen molar-refractivity contribution in [3.63, 3.8) is 0 Å². The molecule has 6 aromatic rings. The number of nitrogens with two attached hydrogens (primary N) is 1. The van der Waals surface area contributed by atoms with Crippen molar-refractivity contribution < 1.29 is 83.3 Å². The molecule has 22 nitrogen and oxygen atoms in total. The highest BCUT2D eigenvalue weighted by molar-refractivity contribution is 7.90. The van der Waals surface area contributed by atoms with Gasteiger partial charge in [0.1, 0.15) is 41.5 Å². The summed E-state index contributed by atoms with van der Waals surface area (Å²) in [6.45, 7) is 15.1. The van der Waals surface area contributed by atoms with Gasteiger partial charge in [0.05, 0.1) is 64.5 Å². The molecule has 96 heavy (non-hydrogen) atoms. The molecule has 10 rings (SSSR count). The fraction of sp³-hybridized carbons (Fsp3) is 0.438. The lowest BCUT2D eigenvalue weighted by Crippen LogP contribution is -2.47. The summed E-state index contributed by atoms with van der Waals surface area (Å²) in [6.07, 6.45) is 5.95. The maximum Gasteiger partial charge on any atom is 0.416 e. The van der Waals surface area contributed by atoms with Gasteiger partial charge in [-0.1, -0.05) is 85.4 Å². The van der Waals surface area contributed by atoms with Crippen LogP contribution in [0.4, 0.5) is 40.3 Å². The number of aryl methyl sites for hydroxylation is 2. The maximum absolute atomic E-state index is 14.5. The van der Waals surface area contributed by atoms with E-state index in [1.165, 1.54) is 41.4 Å². The summed E-state index contributed by atoms with van der Waals surface area (Å²) in [7, 11) is -5.51. The molecule has 0 spiro atoms. The number of methoxy groups -OCH3 is 1. The number of halogens is 7. The Balaban J connectivity index is 0.000000195. The SMILES string of the molecule is C#CCN1C(=O)COc2cc(F)c(N=c3snc4n3CC(C)(C)C4)cc21.CC1COc2ccccc2N1C(=O)C(Cl)Cl.CCc1cccc(C)c1N(C(=O)CCl)C(C)COC.CP(=O)(O)CCC(N)C(=O)O.CS(=O)(=O)c1cc(C(F)(F)F)ccc1C(=O)c1cnoc1C1CC1. The fourth-order valence-corrected chi connectivity index (χ4v) is 13.0. The summed E-state index contributed by atoms with van der Waals surface area (Å²) < 4.78 is 115. The Morgan fingerprint density at radius 1 is 1.04 bits per heavy atom. The van der Waals surface area contributed by atoms with Gasteiger partial charge in [0.2, 0.25) is 10.7 Å². The molecule has 1 saturated carbocycles. The molecule has 0 saturated heterocycles. The van der Waals surface area contributed by atoms with Gasteiger partial charge >= 0.3 is 12.1 Å². The number of anilines is 3. The number of para-hydroxylation sites is 3. The van der Waals surface area contributed by atoms with Gasteiger partial charge in [0.15, 0.2) is 46.0 Å². The molecule has 4 aromatic carbocycles. The summed E-state index contributed by atoms with van der Waals surface area (Å²) in [4.78, 5) is 75.8. The van der Waals surface area contributed by atoms with E-state index in [0.717, 1.165) is 72.9 Å². The number of sulfone groups is 1. The van der Waals surface area contributed by atoms with Crippen LogP contribution in [0.5, 0.6) is 11.5 Å². The fourth-order valence-electron chi connectivity index (χ4n) is 10.2. The molecule has 4 aliphatic rings. The van der Waals surface area contributed by atoms with Crippen molar-refractivity contribution in [1.82, 2.24) is 14.1 Å². The number of carboxylic acid groups (broad SMARTS) is 1. The lowest BCUT2D eigenvalue weighted by atomic mass is 9.92. The molecule has 0 bridgehead atoms. The van der Waals surface area contributed by atoms with Crippen LogP contribution in [-0.4, -0.2) is 143 Å². The summed E-state index contributed by atoms with van der Waals surface area (Å²) in [5.74, 6) is 1.72. The quantitative estimate of drug-likeness (QED) is 0.0251. The van der Waals surface area contributed by atoms with Gasteiger partial charge in [-0.05, 0) is 99.4 Å². The topological polar surface area (TPSA) is 297 Å². The van der Waals surface area contributed by atoms with E-state index in [-0.39, 0.29) is 89.6 Å². The van der Waals surface area contributed by atoms with E-state index in [9.17, 15) is 54.5 Å². The molecule has 3 aliphatic heterocycles. The molecule has 520 valence electrons. The number of nitrogens with zero attached hydrogens (tertiary/aromatic N) is 7. The predicted octanol–water partition coefficient (Wildman–Crippen LogP) is 10.9. The van der Waals surface area contributed by atoms with Crippen LogP contribution in [-0.2, 0) is 63.9 Å². The van der Waals surface area contributed by atoms with Gasteiger partial charge < -0.3 is 48.8 Å². The number of rotatable bonds is 17. The number of carbonyl (C=O) groups excluding carboxylic acids is 4. The molecule has 3 amide bonds. The third kappa shape index (κ3) is 20.4. The van der Waals surface area contributed by atoms with Gasteiger partial charge in [-0.2, -0.15) is 17.5 Å². The molecule has 0 radical (unpaired) electrons. The average molecular weight is 1460 g/mol. The van der Waals surface area contributed by atoms with Gasteiger partial charge in [-0.25, -0.2) is 17.8 Å². The van der Waals surface area contributed by atoms with Crippen LogP contribution in [0.15, 0.2) is 93.4 Å². The first-order valence-electron chi connectivity index (χ1n) is 29.7. The maximum atomic E-state index is 14.5. The Morgan fingerprint density at radius 2 is 1.73 bits per heavy atom. The van der Waals surface area contributed by atoms with E-state index < -0.39 is 62.3 Å². The number of hydrogen-bond acceptors (Lipinski definition) is 17. The second kappa shape index (κ2) is 33.4. The largest absolute Gasteiger partial charge is 0.489 e. The highest BCUT2D eigenvalue weighted by Crippen LogP contribution is 2.43. The predicted molar refractivity (Wildman–Crippen MR) is 358 cm³/mol. The second-order valence-electron chi connectivity index (χ2n) is 23.6. The van der Waals surface area contributed by atoms with Gasteiger partial charge in [-0.15, -0.1) is 18.0 Å². The summed E-state index contributed by atoms with van der Waals surface area (Å²) in [5.41, 5.74) is 8.33. The van der Waals surface area contributed by atoms with Crippen molar-refractivity contribution in [1.29, 1.82) is 0 Å². The molecule has 5 heterocycles. The van der Waals surface area contributed by atoms with Crippen LogP contribution >= 0.6 is 53.7 Å². The van der Waals surface area contributed by atoms with Crippen molar-refractivity contribution in [2.75, 3.05) is 73.1 Å². The number of terminal acetylenes is 1. The molecule has 1 fully saturated rings. The zero-order valence-electron chi connectivity index (χ0n) is 53.9. The van der Waals surface area contributed by atoms with Gasteiger partial charge in [-0.3, -0.25) is 33.4 Å². The third-order valence-electron chi connectivity index (χ3n) is 15.0. The van der Waals surface area contributed by atoms with Gasteiger partial charge in [0.25, 0.3) is 11.8 Å². The summed E-state index contributed by atoms with van der Waals surface area (Å²) in [5, 5.41) is 11.8. The number of ketones is 1. The van der Waals surface area contributed by atoms with Crippen LogP contribution in [0.3, 0.4) is 0 Å². The monoisotopic (exact) mass is 1450 g/mol. The minimum atomic E-state index is -4.71. The number of carbonyl (C=O) groups is 5. The first-order valence-corrected chi connectivity index (χ1v) is 36.1. The van der Waals surface area contributed by atoms with E-state index in [2.05, 4.69) is 47.3 Å². The zero-order valence-corrected chi connectivity index (χ0v) is 58.7. The highest BCUT2D eigenvalue weighted by atomic mass is 35.5. The molecule has 4 N–H and O–H groups in total. The minimum absolute atomic E-state index is 0.0223. The van der Waals surface area contributed by atoms with E-state index in [0.29, 0.717) is 53.1 Å². The number of carboxylic acids is 1. The highest BCUT2D eigenvalue weighted by Gasteiger charge is 2.38. The normalized spacial score (nSPS) is 16.6. The number of ether oxygens (including phenoxy) is 3. The second-order valence-corrected chi connectivity index (χ2v) is 30.3. The Morgan fingerprint density at radius 3 is 2.32 bits per heavy atom. The van der Waals surface area contributed by atoms with E-state index >= 15 is 0 Å². The standard InChI is InChI=1S/C18H17FN4O2S.C15H22ClNO2.C15H12F3NO4S.C11H11Cl2NO2.C5H12NO4P/c1-4-5-22-13-7-12(11(19)6-14(13)25-9-16(22)24)20-17-23-10-18(2,3)8-15(23)21-26-17;1-5-13-8-6-7-11(2)15(13)17(14(18)9-16)12(3)10-19-4;1-24(21,22)12-6-9(15(16,17)18)4-5-10(12)13(20)11-7-19-23-14(11)8-2-3-8;1-7-6-16-9-5-3-2-4-8(9)14(7)11(15)10(12)13;1-11(9,10)3-2-4(6)5(7)8/h1,6-7H,5,8-10H2,2-3H3;6-8,12H,5,9-10H2,1-4H3;4-8H,2-3H2,1H3;2-5,7,10H,6H2,1H3;4H,2-3,6H2,1H3,(H,7,8)(H,9,10). The number of amides is 3. The molecule has 2 aromatic heterocycles. The molecule has 4 unspecified atom stereocenters. The first kappa shape index (κ1) is 77.8. The minimum Gasteiger partial charge on any atom is -0.489 e. The lowest BCUT2D eigenvalue weighted by Gasteiger charge is -2.35. The smallest absolute Gasteiger partial charge is 0.416 e. The number of fused-ring (bicyclic) bond motifs is 3. The molecule has 32 heteroatoms. The average Bonchev–Trinajstić information content (AvgIpc) is 1.55. The Bertz CT molecular complexity index is 4100. The third-order valence-corrected chi connectivity index (χ3v) is 18.6. The summed E-state index contributed by atoms with van der Waals surface area (Å²) >= 11 is 18.3. The van der Waals surface area contributed by atoms with Crippen LogP contribution in [0.25, 0.3) is 0 Å². The van der Waals surface area contributed by atoms with Crippen molar-refractivity contribution in [2.45, 2.75) is 120 Å². The van der Waals surface area contributed by atoms with Crippen molar-refractivity contribution in [3.8, 4) is 23.8 Å². The van der Waals surface area contributed by atoms with Crippen LogP contribution in [0, 0.1) is 30.5 Å². The lowest BCUT2D eigenvalue weighted by molar-refractivity contribution is -0.139. The molecule has 4 atom stereocenters. The van der Waals surface area contributed by atoms with Crippen LogP contribution in [0.2, 0.25) is 0 Å². The summed E-state index contributed by atoms with van der Waals surface area (Å²) in [6, 6.07) is 17.1.